The van der Waals surface area contributed by atoms with Gasteiger partial charge in [-0.3, -0.25) is 0 Å². The second-order valence-electron chi connectivity index (χ2n) is 2.54. The summed E-state index contributed by atoms with van der Waals surface area (Å²) in [7, 11) is 0. The SMILES string of the molecule is CCOc1ccc(CC)c(Cl)c1. The summed E-state index contributed by atoms with van der Waals surface area (Å²) >= 11 is 5.99. The van der Waals surface area contributed by atoms with Gasteiger partial charge in [0.05, 0.1) is 6.61 Å². The van der Waals surface area contributed by atoms with E-state index in [-0.39, 0.29) is 0 Å². The monoisotopic (exact) mass is 184 g/mol. The average molecular weight is 185 g/mol. The van der Waals surface area contributed by atoms with E-state index in [4.69, 9.17) is 16.3 Å². The molecule has 1 aromatic carbocycles. The van der Waals surface area contributed by atoms with E-state index in [2.05, 4.69) is 6.92 Å². The Balaban J connectivity index is 2.86. The van der Waals surface area contributed by atoms with Gasteiger partial charge in [-0.15, -0.1) is 0 Å². The fourth-order valence-corrected chi connectivity index (χ4v) is 1.38. The predicted molar refractivity (Wildman–Crippen MR) is 52.0 cm³/mol. The summed E-state index contributed by atoms with van der Waals surface area (Å²) in [6, 6.07) is 5.82. The highest BCUT2D eigenvalue weighted by Crippen LogP contribution is 2.22. The molecule has 0 saturated heterocycles. The summed E-state index contributed by atoms with van der Waals surface area (Å²) in [4.78, 5) is 0. The van der Waals surface area contributed by atoms with Crippen LogP contribution in [0.4, 0.5) is 0 Å². The van der Waals surface area contributed by atoms with E-state index in [9.17, 15) is 0 Å². The summed E-state index contributed by atoms with van der Waals surface area (Å²) in [5.74, 6) is 0.847. The van der Waals surface area contributed by atoms with E-state index in [1.54, 1.807) is 0 Å². The van der Waals surface area contributed by atoms with Crippen LogP contribution in [0.25, 0.3) is 0 Å². The first kappa shape index (κ1) is 9.40. The molecule has 0 N–H and O–H groups in total. The van der Waals surface area contributed by atoms with Gasteiger partial charge < -0.3 is 4.74 Å². The second-order valence-corrected chi connectivity index (χ2v) is 2.95. The highest BCUT2D eigenvalue weighted by Gasteiger charge is 1.99. The zero-order valence-electron chi connectivity index (χ0n) is 7.43. The lowest BCUT2D eigenvalue weighted by Crippen LogP contribution is -1.92. The molecule has 1 rings (SSSR count). The molecule has 0 aliphatic carbocycles. The molecule has 0 aliphatic heterocycles. The molecular weight excluding hydrogens is 172 g/mol. The molecule has 0 bridgehead atoms. The van der Waals surface area contributed by atoms with E-state index in [1.165, 1.54) is 5.56 Å². The van der Waals surface area contributed by atoms with Gasteiger partial charge in [0.1, 0.15) is 5.75 Å². The lowest BCUT2D eigenvalue weighted by atomic mass is 10.2. The number of aryl methyl sites for hydroxylation is 1. The Morgan fingerprint density at radius 1 is 1.33 bits per heavy atom. The van der Waals surface area contributed by atoms with Gasteiger partial charge in [0, 0.05) is 5.02 Å². The molecule has 1 aromatic rings. The van der Waals surface area contributed by atoms with Gasteiger partial charge in [0.15, 0.2) is 0 Å². The zero-order valence-corrected chi connectivity index (χ0v) is 8.19. The Morgan fingerprint density at radius 2 is 2.08 bits per heavy atom. The van der Waals surface area contributed by atoms with Crippen molar-refractivity contribution >= 4 is 11.6 Å². The Bertz CT molecular complexity index is 258. The second kappa shape index (κ2) is 4.36. The lowest BCUT2D eigenvalue weighted by Gasteiger charge is -2.05. The minimum atomic E-state index is 0.682. The van der Waals surface area contributed by atoms with Crippen LogP contribution in [0.5, 0.6) is 5.75 Å². The van der Waals surface area contributed by atoms with Crippen LogP contribution in [0.15, 0.2) is 18.2 Å². The number of benzene rings is 1. The molecule has 0 spiro atoms. The van der Waals surface area contributed by atoms with Crippen molar-refractivity contribution in [3.63, 3.8) is 0 Å². The Morgan fingerprint density at radius 3 is 2.58 bits per heavy atom. The zero-order chi connectivity index (χ0) is 8.97. The predicted octanol–water partition coefficient (Wildman–Crippen LogP) is 3.30. The third-order valence-corrected chi connectivity index (χ3v) is 2.07. The Kier molecular flexibility index (Phi) is 3.42. The van der Waals surface area contributed by atoms with Gasteiger partial charge in [-0.1, -0.05) is 24.6 Å². The van der Waals surface area contributed by atoms with E-state index in [1.807, 2.05) is 25.1 Å². The topological polar surface area (TPSA) is 9.23 Å². The van der Waals surface area contributed by atoms with E-state index < -0.39 is 0 Å². The first-order valence-electron chi connectivity index (χ1n) is 4.19. The largest absolute Gasteiger partial charge is 0.494 e. The van der Waals surface area contributed by atoms with Crippen molar-refractivity contribution in [2.75, 3.05) is 6.61 Å². The van der Waals surface area contributed by atoms with Crippen molar-refractivity contribution < 1.29 is 4.74 Å². The highest BCUT2D eigenvalue weighted by molar-refractivity contribution is 6.31. The minimum absolute atomic E-state index is 0.682. The minimum Gasteiger partial charge on any atom is -0.494 e. The number of ether oxygens (including phenoxy) is 1. The van der Waals surface area contributed by atoms with Crippen LogP contribution in [-0.2, 0) is 6.42 Å². The summed E-state index contributed by atoms with van der Waals surface area (Å²) in [5.41, 5.74) is 1.17. The van der Waals surface area contributed by atoms with Crippen LogP contribution in [0, 0.1) is 0 Å². The highest BCUT2D eigenvalue weighted by atomic mass is 35.5. The molecule has 0 radical (unpaired) electrons. The number of hydrogen-bond donors (Lipinski definition) is 0. The van der Waals surface area contributed by atoms with Gasteiger partial charge >= 0.3 is 0 Å². The Hall–Kier alpha value is -0.690. The smallest absolute Gasteiger partial charge is 0.120 e. The maximum absolute atomic E-state index is 5.99. The molecule has 66 valence electrons. The average Bonchev–Trinajstić information content (AvgIpc) is 2.05. The van der Waals surface area contributed by atoms with Crippen LogP contribution < -0.4 is 4.74 Å². The molecule has 12 heavy (non-hydrogen) atoms. The maximum atomic E-state index is 5.99. The van der Waals surface area contributed by atoms with Crippen LogP contribution in [0.3, 0.4) is 0 Å². The summed E-state index contributed by atoms with van der Waals surface area (Å²) in [6.07, 6.45) is 0.964. The molecule has 0 aliphatic rings. The molecule has 0 unspecified atom stereocenters. The van der Waals surface area contributed by atoms with Crippen molar-refractivity contribution in [2.24, 2.45) is 0 Å². The van der Waals surface area contributed by atoms with E-state index >= 15 is 0 Å². The van der Waals surface area contributed by atoms with Crippen molar-refractivity contribution in [3.8, 4) is 5.75 Å². The van der Waals surface area contributed by atoms with E-state index in [0.29, 0.717) is 6.61 Å². The molecule has 0 saturated carbocycles. The van der Waals surface area contributed by atoms with Gasteiger partial charge in [-0.25, -0.2) is 0 Å². The quantitative estimate of drug-likeness (QED) is 0.701. The summed E-state index contributed by atoms with van der Waals surface area (Å²) in [5, 5.41) is 0.795. The van der Waals surface area contributed by atoms with Crippen molar-refractivity contribution in [1.82, 2.24) is 0 Å². The van der Waals surface area contributed by atoms with Gasteiger partial charge in [-0.05, 0) is 31.0 Å². The first-order chi connectivity index (χ1) is 5.77. The van der Waals surface area contributed by atoms with Crippen LogP contribution in [0.2, 0.25) is 5.02 Å². The van der Waals surface area contributed by atoms with Crippen LogP contribution in [-0.4, -0.2) is 6.61 Å². The van der Waals surface area contributed by atoms with Gasteiger partial charge in [0.25, 0.3) is 0 Å². The molecule has 0 atom stereocenters. The molecule has 0 fully saturated rings. The molecule has 2 heteroatoms. The molecule has 0 heterocycles. The standard InChI is InChI=1S/C10H13ClO/c1-3-8-5-6-9(12-4-2)7-10(8)11/h5-7H,3-4H2,1-2H3. The molecular formula is C10H13ClO. The molecule has 0 amide bonds. The van der Waals surface area contributed by atoms with Crippen LogP contribution >= 0.6 is 11.6 Å². The number of rotatable bonds is 3. The van der Waals surface area contributed by atoms with Gasteiger partial charge in [0.2, 0.25) is 0 Å². The van der Waals surface area contributed by atoms with Gasteiger partial charge in [-0.2, -0.15) is 0 Å². The van der Waals surface area contributed by atoms with Crippen molar-refractivity contribution in [3.05, 3.63) is 28.8 Å². The van der Waals surface area contributed by atoms with E-state index in [0.717, 1.165) is 17.2 Å². The first-order valence-corrected chi connectivity index (χ1v) is 4.57. The summed E-state index contributed by atoms with van der Waals surface area (Å²) in [6.45, 7) is 4.73. The third-order valence-electron chi connectivity index (χ3n) is 1.72. The maximum Gasteiger partial charge on any atom is 0.120 e. The molecule has 0 aromatic heterocycles. The molecule has 1 nitrogen and oxygen atoms in total. The van der Waals surface area contributed by atoms with Crippen molar-refractivity contribution in [2.45, 2.75) is 20.3 Å². The normalized spacial score (nSPS) is 9.92. The third kappa shape index (κ3) is 2.15. The number of hydrogen-bond acceptors (Lipinski definition) is 1. The fraction of sp³-hybridized carbons (Fsp3) is 0.400. The number of halogens is 1. The lowest BCUT2D eigenvalue weighted by molar-refractivity contribution is 0.340. The van der Waals surface area contributed by atoms with Crippen molar-refractivity contribution in [1.29, 1.82) is 0 Å². The Labute approximate surface area is 78.3 Å². The van der Waals surface area contributed by atoms with Crippen LogP contribution in [0.1, 0.15) is 19.4 Å². The fourth-order valence-electron chi connectivity index (χ4n) is 1.07. The summed E-state index contributed by atoms with van der Waals surface area (Å²) < 4.78 is 5.30.